The SMILES string of the molecule is NC(=NO)c1c(Cl)cccc1Oc1ccc(F)cc1Br. The van der Waals surface area contributed by atoms with Crippen molar-refractivity contribution in [1.29, 1.82) is 0 Å². The van der Waals surface area contributed by atoms with E-state index in [9.17, 15) is 4.39 Å². The number of halogens is 3. The number of nitrogens with zero attached hydrogens (tertiary/aromatic N) is 1. The first-order valence-corrected chi connectivity index (χ1v) is 6.59. The van der Waals surface area contributed by atoms with Crippen molar-refractivity contribution in [3.8, 4) is 11.5 Å². The van der Waals surface area contributed by atoms with Crippen molar-refractivity contribution in [1.82, 2.24) is 0 Å². The summed E-state index contributed by atoms with van der Waals surface area (Å²) < 4.78 is 19.1. The topological polar surface area (TPSA) is 67.8 Å². The van der Waals surface area contributed by atoms with Gasteiger partial charge in [0.05, 0.1) is 15.1 Å². The van der Waals surface area contributed by atoms with Gasteiger partial charge in [-0.25, -0.2) is 4.39 Å². The molecule has 0 aromatic heterocycles. The van der Waals surface area contributed by atoms with Crippen LogP contribution < -0.4 is 10.5 Å². The van der Waals surface area contributed by atoms with Crippen molar-refractivity contribution in [3.05, 3.63) is 57.3 Å². The predicted molar refractivity (Wildman–Crippen MR) is 78.1 cm³/mol. The van der Waals surface area contributed by atoms with Crippen LogP contribution in [0.15, 0.2) is 46.0 Å². The minimum Gasteiger partial charge on any atom is -0.455 e. The molecule has 0 amide bonds. The van der Waals surface area contributed by atoms with Crippen LogP contribution in [0.2, 0.25) is 5.02 Å². The summed E-state index contributed by atoms with van der Waals surface area (Å²) in [5.74, 6) is 0.0941. The van der Waals surface area contributed by atoms with E-state index in [1.807, 2.05) is 0 Å². The van der Waals surface area contributed by atoms with Gasteiger partial charge in [-0.2, -0.15) is 0 Å². The molecule has 0 atom stereocenters. The third kappa shape index (κ3) is 3.02. The van der Waals surface area contributed by atoms with Crippen molar-refractivity contribution < 1.29 is 14.3 Å². The molecule has 2 rings (SSSR count). The molecule has 0 radical (unpaired) electrons. The van der Waals surface area contributed by atoms with E-state index in [-0.39, 0.29) is 16.4 Å². The molecule has 0 aliphatic heterocycles. The molecule has 0 spiro atoms. The number of oxime groups is 1. The molecule has 0 unspecified atom stereocenters. The molecule has 0 saturated heterocycles. The zero-order chi connectivity index (χ0) is 14.7. The third-order valence-corrected chi connectivity index (χ3v) is 3.39. The Morgan fingerprint density at radius 3 is 2.70 bits per heavy atom. The first-order chi connectivity index (χ1) is 9.52. The second-order valence-electron chi connectivity index (χ2n) is 3.78. The standard InChI is InChI=1S/C13H9BrClFN2O2/c14-8-6-7(16)4-5-10(8)20-11-3-1-2-9(15)12(11)13(17)18-19/h1-6,19H,(H2,17,18). The van der Waals surface area contributed by atoms with Crippen LogP contribution in [0.1, 0.15) is 5.56 Å². The normalized spacial score (nSPS) is 11.4. The van der Waals surface area contributed by atoms with Gasteiger partial charge in [-0.1, -0.05) is 22.8 Å². The molecule has 0 fully saturated rings. The molecule has 7 heteroatoms. The van der Waals surface area contributed by atoms with Gasteiger partial charge in [0.1, 0.15) is 17.3 Å². The van der Waals surface area contributed by atoms with Gasteiger partial charge >= 0.3 is 0 Å². The number of amidine groups is 1. The maximum absolute atomic E-state index is 13.0. The summed E-state index contributed by atoms with van der Waals surface area (Å²) in [7, 11) is 0. The lowest BCUT2D eigenvalue weighted by Gasteiger charge is -2.12. The summed E-state index contributed by atoms with van der Waals surface area (Å²) >= 11 is 9.20. The van der Waals surface area contributed by atoms with Crippen molar-refractivity contribution in [2.75, 3.05) is 0 Å². The molecule has 2 aromatic carbocycles. The molecule has 20 heavy (non-hydrogen) atoms. The molecule has 0 bridgehead atoms. The number of rotatable bonds is 3. The lowest BCUT2D eigenvalue weighted by molar-refractivity contribution is 0.318. The number of hydrogen-bond donors (Lipinski definition) is 2. The van der Waals surface area contributed by atoms with Gasteiger partial charge in [-0.15, -0.1) is 0 Å². The molecule has 2 aromatic rings. The van der Waals surface area contributed by atoms with Gasteiger partial charge in [0.25, 0.3) is 0 Å². The highest BCUT2D eigenvalue weighted by Gasteiger charge is 2.14. The van der Waals surface area contributed by atoms with Crippen molar-refractivity contribution in [2.45, 2.75) is 0 Å². The Balaban J connectivity index is 2.46. The Hall–Kier alpha value is -1.79. The second kappa shape index (κ2) is 6.11. The Bertz CT molecular complexity index is 679. The zero-order valence-electron chi connectivity index (χ0n) is 9.98. The average Bonchev–Trinajstić information content (AvgIpc) is 2.41. The first-order valence-electron chi connectivity index (χ1n) is 5.42. The molecule has 0 aliphatic rings. The highest BCUT2D eigenvalue weighted by molar-refractivity contribution is 9.10. The van der Waals surface area contributed by atoms with E-state index >= 15 is 0 Å². The van der Waals surface area contributed by atoms with E-state index in [1.165, 1.54) is 18.2 Å². The summed E-state index contributed by atoms with van der Waals surface area (Å²) in [4.78, 5) is 0. The molecular formula is C13H9BrClFN2O2. The molecule has 0 aliphatic carbocycles. The third-order valence-electron chi connectivity index (χ3n) is 2.45. The van der Waals surface area contributed by atoms with E-state index in [1.54, 1.807) is 18.2 Å². The Kier molecular flexibility index (Phi) is 4.46. The van der Waals surface area contributed by atoms with Crippen LogP contribution in [0.4, 0.5) is 4.39 Å². The highest BCUT2D eigenvalue weighted by atomic mass is 79.9. The van der Waals surface area contributed by atoms with Crippen LogP contribution in [0.5, 0.6) is 11.5 Å². The average molecular weight is 360 g/mol. The van der Waals surface area contributed by atoms with E-state index in [0.717, 1.165) is 0 Å². The van der Waals surface area contributed by atoms with Gasteiger partial charge < -0.3 is 15.7 Å². The quantitative estimate of drug-likeness (QED) is 0.375. The fraction of sp³-hybridized carbons (Fsp3) is 0. The van der Waals surface area contributed by atoms with Gasteiger partial charge in [0.15, 0.2) is 5.84 Å². The molecule has 0 heterocycles. The van der Waals surface area contributed by atoms with Crippen LogP contribution in [-0.4, -0.2) is 11.0 Å². The van der Waals surface area contributed by atoms with Crippen LogP contribution in [0.3, 0.4) is 0 Å². The zero-order valence-corrected chi connectivity index (χ0v) is 12.3. The lowest BCUT2D eigenvalue weighted by atomic mass is 10.2. The summed E-state index contributed by atoms with van der Waals surface area (Å²) in [6.45, 7) is 0. The number of hydrogen-bond acceptors (Lipinski definition) is 3. The van der Waals surface area contributed by atoms with Gasteiger partial charge in [0.2, 0.25) is 0 Å². The van der Waals surface area contributed by atoms with Gasteiger partial charge in [-0.05, 0) is 46.3 Å². The highest BCUT2D eigenvalue weighted by Crippen LogP contribution is 2.34. The second-order valence-corrected chi connectivity index (χ2v) is 5.04. The monoisotopic (exact) mass is 358 g/mol. The Labute approximate surface area is 127 Å². The maximum Gasteiger partial charge on any atom is 0.175 e. The number of benzene rings is 2. The summed E-state index contributed by atoms with van der Waals surface area (Å²) in [5, 5.41) is 12.0. The summed E-state index contributed by atoms with van der Waals surface area (Å²) in [6.07, 6.45) is 0. The van der Waals surface area contributed by atoms with E-state index in [0.29, 0.717) is 16.0 Å². The number of nitrogens with two attached hydrogens (primary N) is 1. The first kappa shape index (κ1) is 14.6. The van der Waals surface area contributed by atoms with Crippen molar-refractivity contribution >= 4 is 33.4 Å². The smallest absolute Gasteiger partial charge is 0.175 e. The van der Waals surface area contributed by atoms with Crippen LogP contribution in [-0.2, 0) is 0 Å². The maximum atomic E-state index is 13.0. The molecule has 104 valence electrons. The minimum absolute atomic E-state index is 0.177. The van der Waals surface area contributed by atoms with Gasteiger partial charge in [-0.3, -0.25) is 0 Å². The molecule has 0 saturated carbocycles. The number of ether oxygens (including phenoxy) is 1. The van der Waals surface area contributed by atoms with E-state index < -0.39 is 5.82 Å². The predicted octanol–water partition coefficient (Wildman–Crippen LogP) is 4.13. The fourth-order valence-electron chi connectivity index (χ4n) is 1.56. The molecule has 4 nitrogen and oxygen atoms in total. The van der Waals surface area contributed by atoms with Gasteiger partial charge in [0, 0.05) is 0 Å². The Morgan fingerprint density at radius 1 is 1.30 bits per heavy atom. The van der Waals surface area contributed by atoms with Crippen LogP contribution in [0, 0.1) is 5.82 Å². The van der Waals surface area contributed by atoms with Crippen LogP contribution >= 0.6 is 27.5 Å². The molecule has 3 N–H and O–H groups in total. The van der Waals surface area contributed by atoms with E-state index in [2.05, 4.69) is 21.1 Å². The van der Waals surface area contributed by atoms with Crippen molar-refractivity contribution in [3.63, 3.8) is 0 Å². The minimum atomic E-state index is -0.396. The summed E-state index contributed by atoms with van der Waals surface area (Å²) in [5.41, 5.74) is 5.83. The van der Waals surface area contributed by atoms with Crippen molar-refractivity contribution in [2.24, 2.45) is 10.9 Å². The molecular weight excluding hydrogens is 351 g/mol. The fourth-order valence-corrected chi connectivity index (χ4v) is 2.26. The summed E-state index contributed by atoms with van der Waals surface area (Å²) in [6, 6.07) is 8.83. The van der Waals surface area contributed by atoms with E-state index in [4.69, 9.17) is 27.3 Å². The Morgan fingerprint density at radius 2 is 2.05 bits per heavy atom. The largest absolute Gasteiger partial charge is 0.455 e. The van der Waals surface area contributed by atoms with Crippen LogP contribution in [0.25, 0.3) is 0 Å². The lowest BCUT2D eigenvalue weighted by Crippen LogP contribution is -2.14.